The molecule has 28 heavy (non-hydrogen) atoms. The smallest absolute Gasteiger partial charge is 0.259 e. The first-order valence-electron chi connectivity index (χ1n) is 9.68. The number of fused-ring (bicyclic) bond motifs is 2. The number of carbonyl (C=O) groups is 1. The summed E-state index contributed by atoms with van der Waals surface area (Å²) < 4.78 is 3.36. The van der Waals surface area contributed by atoms with Crippen molar-refractivity contribution < 1.29 is 4.79 Å². The summed E-state index contributed by atoms with van der Waals surface area (Å²) in [7, 11) is 2.11. The largest absolute Gasteiger partial charge is 0.365 e. The van der Waals surface area contributed by atoms with Crippen molar-refractivity contribution in [2.75, 3.05) is 13.1 Å². The van der Waals surface area contributed by atoms with Crippen molar-refractivity contribution in [2.24, 2.45) is 12.8 Å². The molecule has 1 amide bonds. The van der Waals surface area contributed by atoms with Crippen LogP contribution in [0.15, 0.2) is 54.7 Å². The number of carbonyl (C=O) groups excluding carboxylic acids is 1. The number of hydrogen-bond acceptors (Lipinski definition) is 3. The van der Waals surface area contributed by atoms with Crippen LogP contribution < -0.4 is 5.73 Å². The number of aromatic nitrogens is 1. The summed E-state index contributed by atoms with van der Waals surface area (Å²) >= 11 is 1.53. The highest BCUT2D eigenvalue weighted by molar-refractivity contribution is 7.21. The molecule has 3 heterocycles. The van der Waals surface area contributed by atoms with E-state index in [1.165, 1.54) is 33.2 Å². The Hall–Kier alpha value is -2.63. The Balaban J connectivity index is 1.44. The van der Waals surface area contributed by atoms with Gasteiger partial charge in [-0.1, -0.05) is 36.4 Å². The molecule has 1 saturated heterocycles. The Morgan fingerprint density at radius 3 is 2.71 bits per heavy atom. The summed E-state index contributed by atoms with van der Waals surface area (Å²) in [4.78, 5) is 15.3. The predicted octanol–water partition coefficient (Wildman–Crippen LogP) is 4.48. The number of primary amides is 1. The highest BCUT2D eigenvalue weighted by Gasteiger charge is 2.30. The molecular formula is C23H23N3OS. The highest BCUT2D eigenvalue weighted by Crippen LogP contribution is 2.40. The van der Waals surface area contributed by atoms with Gasteiger partial charge < -0.3 is 10.3 Å². The van der Waals surface area contributed by atoms with E-state index in [0.29, 0.717) is 5.92 Å². The summed E-state index contributed by atoms with van der Waals surface area (Å²) in [6.07, 6.45) is 3.30. The van der Waals surface area contributed by atoms with Crippen LogP contribution in [0.2, 0.25) is 0 Å². The van der Waals surface area contributed by atoms with E-state index in [2.05, 4.69) is 59.1 Å². The Morgan fingerprint density at radius 1 is 1.14 bits per heavy atom. The molecule has 4 nitrogen and oxygen atoms in total. The van der Waals surface area contributed by atoms with E-state index in [0.717, 1.165) is 41.2 Å². The monoisotopic (exact) mass is 389 g/mol. The Kier molecular flexibility index (Phi) is 4.22. The van der Waals surface area contributed by atoms with Gasteiger partial charge in [0.15, 0.2) is 0 Å². The third-order valence-corrected chi connectivity index (χ3v) is 7.11. The summed E-state index contributed by atoms with van der Waals surface area (Å²) in [6, 6.07) is 16.8. The molecule has 1 fully saturated rings. The summed E-state index contributed by atoms with van der Waals surface area (Å²) in [5.41, 5.74) is 9.52. The number of likely N-dealkylation sites (tertiary alicyclic amines) is 1. The zero-order valence-corrected chi connectivity index (χ0v) is 16.7. The molecule has 4 aromatic rings. The Morgan fingerprint density at radius 2 is 1.89 bits per heavy atom. The lowest BCUT2D eigenvalue weighted by atomic mass is 9.95. The van der Waals surface area contributed by atoms with Crippen molar-refractivity contribution >= 4 is 38.2 Å². The first kappa shape index (κ1) is 17.5. The SMILES string of the molecule is Cn1cc(CN2CCC(c3c(C(N)=O)sc4ccccc34)C2)c2ccccc21. The summed E-state index contributed by atoms with van der Waals surface area (Å²) in [5.74, 6) is 0.0531. The molecule has 1 unspecified atom stereocenters. The van der Waals surface area contributed by atoms with Crippen LogP contribution >= 0.6 is 11.3 Å². The fourth-order valence-electron chi connectivity index (χ4n) is 4.66. The van der Waals surface area contributed by atoms with Crippen LogP contribution in [0, 0.1) is 0 Å². The number of nitrogens with zero attached hydrogens (tertiary/aromatic N) is 2. The minimum Gasteiger partial charge on any atom is -0.365 e. The van der Waals surface area contributed by atoms with Crippen LogP contribution in [0.1, 0.15) is 33.1 Å². The predicted molar refractivity (Wildman–Crippen MR) is 116 cm³/mol. The van der Waals surface area contributed by atoms with Crippen molar-refractivity contribution in [2.45, 2.75) is 18.9 Å². The standard InChI is InChI=1S/C23H23N3OS/c1-25-12-16(17-6-2-4-8-19(17)25)14-26-11-10-15(13-26)21-18-7-3-5-9-20(18)28-22(21)23(24)27/h2-9,12,15H,10-11,13-14H2,1H3,(H2,24,27). The summed E-state index contributed by atoms with van der Waals surface area (Å²) in [6.45, 7) is 2.94. The van der Waals surface area contributed by atoms with Crippen LogP contribution in [0.3, 0.4) is 0 Å². The van der Waals surface area contributed by atoms with Gasteiger partial charge >= 0.3 is 0 Å². The minimum atomic E-state index is -0.302. The first-order chi connectivity index (χ1) is 13.6. The van der Waals surface area contributed by atoms with Crippen molar-refractivity contribution in [3.63, 3.8) is 0 Å². The van der Waals surface area contributed by atoms with Crippen molar-refractivity contribution in [1.29, 1.82) is 0 Å². The molecule has 0 spiro atoms. The third-order valence-electron chi connectivity index (χ3n) is 5.91. The van der Waals surface area contributed by atoms with Gasteiger partial charge in [-0.25, -0.2) is 0 Å². The number of aryl methyl sites for hydroxylation is 1. The van der Waals surface area contributed by atoms with Gasteiger partial charge in [-0.3, -0.25) is 9.69 Å². The molecule has 1 aliphatic heterocycles. The molecule has 0 saturated carbocycles. The number of hydrogen-bond donors (Lipinski definition) is 1. The number of thiophene rings is 1. The van der Waals surface area contributed by atoms with E-state index in [1.807, 2.05) is 12.1 Å². The Bertz CT molecular complexity index is 1190. The maximum absolute atomic E-state index is 12.1. The lowest BCUT2D eigenvalue weighted by Crippen LogP contribution is -2.20. The van der Waals surface area contributed by atoms with Gasteiger partial charge in [0, 0.05) is 47.9 Å². The minimum absolute atomic E-state index is 0.302. The van der Waals surface area contributed by atoms with Gasteiger partial charge in [0.1, 0.15) is 0 Å². The fraction of sp³-hybridized carbons (Fsp3) is 0.261. The molecule has 0 aliphatic carbocycles. The summed E-state index contributed by atoms with van der Waals surface area (Å²) in [5, 5.41) is 2.52. The maximum Gasteiger partial charge on any atom is 0.259 e. The lowest BCUT2D eigenvalue weighted by molar-refractivity contribution is 0.100. The maximum atomic E-state index is 12.1. The quantitative estimate of drug-likeness (QED) is 0.559. The van der Waals surface area contributed by atoms with E-state index in [1.54, 1.807) is 0 Å². The molecule has 2 aromatic heterocycles. The number of rotatable bonds is 4. The molecule has 2 N–H and O–H groups in total. The van der Waals surface area contributed by atoms with E-state index in [9.17, 15) is 4.79 Å². The molecule has 1 aliphatic rings. The van der Waals surface area contributed by atoms with E-state index < -0.39 is 0 Å². The van der Waals surface area contributed by atoms with E-state index in [4.69, 9.17) is 5.73 Å². The number of amides is 1. The molecule has 2 aromatic carbocycles. The van der Waals surface area contributed by atoms with Crippen LogP contribution in [-0.2, 0) is 13.6 Å². The van der Waals surface area contributed by atoms with Crippen LogP contribution in [0.4, 0.5) is 0 Å². The van der Waals surface area contributed by atoms with Crippen molar-refractivity contribution in [1.82, 2.24) is 9.47 Å². The molecule has 5 heteroatoms. The lowest BCUT2D eigenvalue weighted by Gasteiger charge is -2.16. The topological polar surface area (TPSA) is 51.3 Å². The van der Waals surface area contributed by atoms with Gasteiger partial charge in [-0.2, -0.15) is 0 Å². The van der Waals surface area contributed by atoms with Crippen molar-refractivity contribution in [3.8, 4) is 0 Å². The van der Waals surface area contributed by atoms with Gasteiger partial charge in [0.2, 0.25) is 0 Å². The highest BCUT2D eigenvalue weighted by atomic mass is 32.1. The van der Waals surface area contributed by atoms with Crippen LogP contribution in [-0.4, -0.2) is 28.5 Å². The van der Waals surface area contributed by atoms with Crippen LogP contribution in [0.25, 0.3) is 21.0 Å². The normalized spacial score (nSPS) is 17.7. The average Bonchev–Trinajstić information content (AvgIpc) is 3.38. The fourth-order valence-corrected chi connectivity index (χ4v) is 5.80. The second-order valence-corrected chi connectivity index (χ2v) is 8.76. The van der Waals surface area contributed by atoms with E-state index in [-0.39, 0.29) is 5.91 Å². The van der Waals surface area contributed by atoms with Gasteiger partial charge in [-0.15, -0.1) is 11.3 Å². The number of para-hydroxylation sites is 1. The number of benzene rings is 2. The molecular weight excluding hydrogens is 366 g/mol. The third kappa shape index (κ3) is 2.82. The Labute approximate surface area is 168 Å². The van der Waals surface area contributed by atoms with Gasteiger partial charge in [0.25, 0.3) is 5.91 Å². The number of nitrogens with two attached hydrogens (primary N) is 1. The zero-order chi connectivity index (χ0) is 19.3. The molecule has 5 rings (SSSR count). The van der Waals surface area contributed by atoms with Crippen molar-refractivity contribution in [3.05, 3.63) is 70.7 Å². The van der Waals surface area contributed by atoms with Gasteiger partial charge in [0.05, 0.1) is 4.88 Å². The average molecular weight is 390 g/mol. The second kappa shape index (κ2) is 6.76. The zero-order valence-electron chi connectivity index (χ0n) is 15.9. The van der Waals surface area contributed by atoms with Crippen LogP contribution in [0.5, 0.6) is 0 Å². The van der Waals surface area contributed by atoms with E-state index >= 15 is 0 Å². The van der Waals surface area contributed by atoms with Gasteiger partial charge in [-0.05, 0) is 41.6 Å². The molecule has 0 bridgehead atoms. The molecule has 1 atom stereocenters. The first-order valence-corrected chi connectivity index (χ1v) is 10.5. The second-order valence-electron chi connectivity index (χ2n) is 7.71. The molecule has 0 radical (unpaired) electrons. The molecule has 142 valence electrons.